The molecule has 7 atom stereocenters. The van der Waals surface area contributed by atoms with Crippen molar-refractivity contribution >= 4 is 0 Å². The van der Waals surface area contributed by atoms with E-state index in [4.69, 9.17) is 0 Å². The van der Waals surface area contributed by atoms with Gasteiger partial charge in [0.1, 0.15) is 0 Å². The van der Waals surface area contributed by atoms with Crippen molar-refractivity contribution < 1.29 is 0 Å². The monoisotopic (exact) mass is 318 g/mol. The van der Waals surface area contributed by atoms with Gasteiger partial charge in [0, 0.05) is 0 Å². The van der Waals surface area contributed by atoms with Gasteiger partial charge in [-0.2, -0.15) is 0 Å². The molecule has 0 aromatic carbocycles. The van der Waals surface area contributed by atoms with E-state index in [1.165, 1.54) is 32.1 Å². The summed E-state index contributed by atoms with van der Waals surface area (Å²) in [6.07, 6.45) is 14.7. The minimum absolute atomic E-state index is 0. The van der Waals surface area contributed by atoms with Crippen molar-refractivity contribution in [3.8, 4) is 0 Å². The lowest BCUT2D eigenvalue weighted by atomic mass is 9.50. The highest BCUT2D eigenvalue weighted by molar-refractivity contribution is 5.11. The molecule has 0 heteroatoms. The van der Waals surface area contributed by atoms with Crippen LogP contribution < -0.4 is 0 Å². The van der Waals surface area contributed by atoms with Gasteiger partial charge < -0.3 is 0 Å². The molecule has 0 aromatic rings. The molecule has 4 aliphatic carbocycles. The molecule has 0 amide bonds. The Labute approximate surface area is 146 Å². The van der Waals surface area contributed by atoms with Gasteiger partial charge in [-0.05, 0) is 99.2 Å². The third-order valence-electron chi connectivity index (χ3n) is 8.32. The molecule has 4 rings (SSSR count). The largest absolute Gasteiger partial charge is 0.0853 e. The Morgan fingerprint density at radius 1 is 0.957 bits per heavy atom. The molecular formula is C23H42. The van der Waals surface area contributed by atoms with E-state index in [1.54, 1.807) is 24.8 Å². The second-order valence-corrected chi connectivity index (χ2v) is 8.95. The van der Waals surface area contributed by atoms with Crippen LogP contribution in [0, 0.1) is 40.9 Å². The number of rotatable bonds is 0. The van der Waals surface area contributed by atoms with Gasteiger partial charge in [-0.1, -0.05) is 46.8 Å². The van der Waals surface area contributed by atoms with Crippen LogP contribution in [0.5, 0.6) is 0 Å². The lowest BCUT2D eigenvalue weighted by molar-refractivity contribution is -0.0503. The van der Waals surface area contributed by atoms with Crippen molar-refractivity contribution in [1.29, 1.82) is 0 Å². The van der Waals surface area contributed by atoms with Crippen molar-refractivity contribution in [3.05, 3.63) is 11.6 Å². The first-order valence-electron chi connectivity index (χ1n) is 10.2. The fourth-order valence-corrected chi connectivity index (χ4v) is 6.95. The summed E-state index contributed by atoms with van der Waals surface area (Å²) in [5.41, 5.74) is 2.38. The van der Waals surface area contributed by atoms with Crippen LogP contribution in [0.15, 0.2) is 11.6 Å². The summed E-state index contributed by atoms with van der Waals surface area (Å²) in [6, 6.07) is 0. The second kappa shape index (κ2) is 7.32. The molecule has 0 nitrogen and oxygen atoms in total. The molecule has 134 valence electrons. The van der Waals surface area contributed by atoms with Gasteiger partial charge >= 0.3 is 0 Å². The first kappa shape index (κ1) is 19.1. The van der Waals surface area contributed by atoms with E-state index in [0.717, 1.165) is 35.5 Å². The molecule has 4 aliphatic rings. The lowest BCUT2D eigenvalue weighted by Gasteiger charge is -2.55. The topological polar surface area (TPSA) is 0 Å². The SMILES string of the molecule is C.CC.CC1=CCC2C(CCC3C2CCC2(C)C(C)CCC32)C1. The Morgan fingerprint density at radius 3 is 2.43 bits per heavy atom. The standard InChI is InChI=1S/C20H32.C2H6.CH4/c1-13-4-7-16-15(12-13)6-8-18-17(16)10-11-20(3)14(2)5-9-19(18)20;1-2;/h4,14-19H,5-12H2,1-3H3;1-2H3;1H4. The molecule has 0 heterocycles. The summed E-state index contributed by atoms with van der Waals surface area (Å²) in [7, 11) is 0. The normalized spacial score (nSPS) is 47.8. The minimum atomic E-state index is 0. The Balaban J connectivity index is 0.000000617. The van der Waals surface area contributed by atoms with E-state index in [1.807, 2.05) is 13.8 Å². The highest BCUT2D eigenvalue weighted by Crippen LogP contribution is 2.63. The third-order valence-corrected chi connectivity index (χ3v) is 8.32. The zero-order chi connectivity index (χ0) is 15.9. The number of hydrogen-bond acceptors (Lipinski definition) is 0. The molecule has 0 bridgehead atoms. The number of allylic oxidation sites excluding steroid dienone is 2. The van der Waals surface area contributed by atoms with Crippen LogP contribution in [-0.4, -0.2) is 0 Å². The zero-order valence-corrected chi connectivity index (χ0v) is 15.7. The molecule has 0 saturated heterocycles. The lowest BCUT2D eigenvalue weighted by Crippen LogP contribution is -2.47. The summed E-state index contributed by atoms with van der Waals surface area (Å²) in [5.74, 6) is 6.33. The Bertz CT molecular complexity index is 420. The van der Waals surface area contributed by atoms with Gasteiger partial charge in [0.2, 0.25) is 0 Å². The molecule has 23 heavy (non-hydrogen) atoms. The van der Waals surface area contributed by atoms with E-state index in [9.17, 15) is 0 Å². The number of fused-ring (bicyclic) bond motifs is 5. The van der Waals surface area contributed by atoms with Gasteiger partial charge in [-0.25, -0.2) is 0 Å². The molecule has 7 unspecified atom stereocenters. The molecule has 0 spiro atoms. The average Bonchev–Trinajstić information content (AvgIpc) is 2.84. The van der Waals surface area contributed by atoms with Crippen molar-refractivity contribution in [1.82, 2.24) is 0 Å². The summed E-state index contributed by atoms with van der Waals surface area (Å²) in [6.45, 7) is 11.5. The highest BCUT2D eigenvalue weighted by atomic mass is 14.6. The van der Waals surface area contributed by atoms with Crippen LogP contribution in [0.4, 0.5) is 0 Å². The van der Waals surface area contributed by atoms with E-state index >= 15 is 0 Å². The van der Waals surface area contributed by atoms with Crippen LogP contribution in [0.1, 0.15) is 93.4 Å². The third kappa shape index (κ3) is 3.05. The van der Waals surface area contributed by atoms with Crippen LogP contribution in [0.25, 0.3) is 0 Å². The molecule has 3 fully saturated rings. The highest BCUT2D eigenvalue weighted by Gasteiger charge is 2.55. The maximum absolute atomic E-state index is 2.64. The quantitative estimate of drug-likeness (QED) is 0.406. The maximum atomic E-state index is 2.64. The van der Waals surface area contributed by atoms with Gasteiger partial charge in [0.25, 0.3) is 0 Å². The van der Waals surface area contributed by atoms with Crippen LogP contribution in [0.2, 0.25) is 0 Å². The fourth-order valence-electron chi connectivity index (χ4n) is 6.95. The van der Waals surface area contributed by atoms with Gasteiger partial charge in [0.15, 0.2) is 0 Å². The molecular weight excluding hydrogens is 276 g/mol. The van der Waals surface area contributed by atoms with Crippen molar-refractivity contribution in [2.45, 2.75) is 93.4 Å². The summed E-state index contributed by atoms with van der Waals surface area (Å²) in [4.78, 5) is 0. The van der Waals surface area contributed by atoms with Crippen molar-refractivity contribution in [2.75, 3.05) is 0 Å². The second-order valence-electron chi connectivity index (χ2n) is 8.95. The van der Waals surface area contributed by atoms with Gasteiger partial charge in [-0.15, -0.1) is 0 Å². The fraction of sp³-hybridized carbons (Fsp3) is 0.913. The smallest absolute Gasteiger partial charge is 0.0269 e. The van der Waals surface area contributed by atoms with Crippen LogP contribution >= 0.6 is 0 Å². The molecule has 0 aliphatic heterocycles. The Morgan fingerprint density at radius 2 is 1.70 bits per heavy atom. The summed E-state index contributed by atoms with van der Waals surface area (Å²) >= 11 is 0. The van der Waals surface area contributed by atoms with Crippen LogP contribution in [0.3, 0.4) is 0 Å². The van der Waals surface area contributed by atoms with Gasteiger partial charge in [0.05, 0.1) is 0 Å². The zero-order valence-electron chi connectivity index (χ0n) is 15.7. The van der Waals surface area contributed by atoms with E-state index in [0.29, 0.717) is 5.41 Å². The van der Waals surface area contributed by atoms with Gasteiger partial charge in [-0.3, -0.25) is 0 Å². The number of hydrogen-bond donors (Lipinski definition) is 0. The van der Waals surface area contributed by atoms with E-state index < -0.39 is 0 Å². The molecule has 0 radical (unpaired) electrons. The summed E-state index contributed by atoms with van der Waals surface area (Å²) in [5, 5.41) is 0. The van der Waals surface area contributed by atoms with Crippen molar-refractivity contribution in [3.63, 3.8) is 0 Å². The Kier molecular flexibility index (Phi) is 6.07. The van der Waals surface area contributed by atoms with E-state index in [2.05, 4.69) is 26.8 Å². The minimum Gasteiger partial charge on any atom is -0.0853 e. The van der Waals surface area contributed by atoms with Crippen molar-refractivity contribution in [2.24, 2.45) is 40.9 Å². The first-order chi connectivity index (χ1) is 10.6. The summed E-state index contributed by atoms with van der Waals surface area (Å²) < 4.78 is 0. The predicted molar refractivity (Wildman–Crippen MR) is 103 cm³/mol. The van der Waals surface area contributed by atoms with Crippen LogP contribution in [-0.2, 0) is 0 Å². The molecule has 0 N–H and O–H groups in total. The maximum Gasteiger partial charge on any atom is -0.0269 e. The predicted octanol–water partition coefficient (Wildman–Crippen LogP) is 7.49. The molecule has 3 saturated carbocycles. The Hall–Kier alpha value is -0.260. The average molecular weight is 319 g/mol. The van der Waals surface area contributed by atoms with E-state index in [-0.39, 0.29) is 7.43 Å². The molecule has 0 aromatic heterocycles. The first-order valence-corrected chi connectivity index (χ1v) is 10.2.